The van der Waals surface area contributed by atoms with Gasteiger partial charge < -0.3 is 14.8 Å². The Morgan fingerprint density at radius 3 is 2.47 bits per heavy atom. The van der Waals surface area contributed by atoms with Gasteiger partial charge in [0, 0.05) is 0 Å². The van der Waals surface area contributed by atoms with Crippen molar-refractivity contribution in [1.29, 1.82) is 0 Å². The molecule has 1 N–H and O–H groups in total. The van der Waals surface area contributed by atoms with Crippen LogP contribution in [0.1, 0.15) is 44.6 Å². The van der Waals surface area contributed by atoms with Crippen molar-refractivity contribution in [2.45, 2.75) is 27.4 Å². The van der Waals surface area contributed by atoms with Gasteiger partial charge in [-0.25, -0.2) is 9.78 Å². The van der Waals surface area contributed by atoms with Crippen LogP contribution in [0.25, 0.3) is 0 Å². The van der Waals surface area contributed by atoms with Gasteiger partial charge in [-0.2, -0.15) is 0 Å². The Hall–Kier alpha value is -3.67. The number of pyridine rings is 1. The van der Waals surface area contributed by atoms with Crippen LogP contribution in [-0.2, 0) is 11.3 Å². The quantitative estimate of drug-likeness (QED) is 0.577. The number of ether oxygens (including phenoxy) is 2. The van der Waals surface area contributed by atoms with Crippen LogP contribution in [0.15, 0.2) is 60.7 Å². The van der Waals surface area contributed by atoms with Crippen LogP contribution < -0.4 is 10.1 Å². The number of benzene rings is 2. The summed E-state index contributed by atoms with van der Waals surface area (Å²) in [5, 5.41) is 2.85. The number of esters is 1. The first kappa shape index (κ1) is 21.0. The van der Waals surface area contributed by atoms with Gasteiger partial charge in [-0.05, 0) is 56.2 Å². The van der Waals surface area contributed by atoms with E-state index in [1.165, 1.54) is 6.07 Å². The zero-order valence-corrected chi connectivity index (χ0v) is 17.3. The van der Waals surface area contributed by atoms with Crippen molar-refractivity contribution in [3.05, 3.63) is 88.7 Å². The summed E-state index contributed by atoms with van der Waals surface area (Å²) in [5.41, 5.74) is 3.58. The molecule has 0 bridgehead atoms. The number of nitrogens with zero attached hydrogens (tertiary/aromatic N) is 1. The van der Waals surface area contributed by atoms with E-state index in [0.717, 1.165) is 11.1 Å². The van der Waals surface area contributed by atoms with E-state index in [2.05, 4.69) is 10.3 Å². The number of carbonyl (C=O) groups is 2. The third kappa shape index (κ3) is 5.23. The smallest absolute Gasteiger partial charge is 0.339 e. The molecule has 0 aliphatic carbocycles. The highest BCUT2D eigenvalue weighted by Crippen LogP contribution is 2.27. The third-order valence-electron chi connectivity index (χ3n) is 4.44. The van der Waals surface area contributed by atoms with Crippen molar-refractivity contribution in [3.63, 3.8) is 0 Å². The highest BCUT2D eigenvalue weighted by atomic mass is 16.5. The first-order valence-corrected chi connectivity index (χ1v) is 9.71. The number of aromatic nitrogens is 1. The lowest BCUT2D eigenvalue weighted by atomic mass is 10.1. The van der Waals surface area contributed by atoms with Gasteiger partial charge in [-0.3, -0.25) is 4.79 Å². The molecule has 0 radical (unpaired) electrons. The maximum absolute atomic E-state index is 12.7. The number of nitrogens with one attached hydrogen (secondary N) is 1. The molecule has 0 spiro atoms. The van der Waals surface area contributed by atoms with Gasteiger partial charge in [-0.1, -0.05) is 36.4 Å². The molecule has 1 heterocycles. The van der Waals surface area contributed by atoms with Crippen molar-refractivity contribution in [2.24, 2.45) is 0 Å². The van der Waals surface area contributed by atoms with E-state index in [-0.39, 0.29) is 18.2 Å². The Kier molecular flexibility index (Phi) is 6.80. The second-order valence-electron chi connectivity index (χ2n) is 6.78. The summed E-state index contributed by atoms with van der Waals surface area (Å²) < 4.78 is 10.9. The van der Waals surface area contributed by atoms with E-state index in [4.69, 9.17) is 9.47 Å². The topological polar surface area (TPSA) is 77.5 Å². The van der Waals surface area contributed by atoms with Crippen LogP contribution in [-0.4, -0.2) is 23.5 Å². The summed E-state index contributed by atoms with van der Waals surface area (Å²) in [5.74, 6) is -0.265. The summed E-state index contributed by atoms with van der Waals surface area (Å²) in [4.78, 5) is 28.9. The second-order valence-corrected chi connectivity index (χ2v) is 6.78. The fourth-order valence-corrected chi connectivity index (χ4v) is 2.89. The van der Waals surface area contributed by atoms with Crippen molar-refractivity contribution < 1.29 is 19.1 Å². The van der Waals surface area contributed by atoms with Gasteiger partial charge in [0.2, 0.25) is 0 Å². The molecular weight excluding hydrogens is 380 g/mol. The van der Waals surface area contributed by atoms with Crippen LogP contribution in [0.2, 0.25) is 0 Å². The van der Waals surface area contributed by atoms with Gasteiger partial charge in [0.1, 0.15) is 18.1 Å². The SMILES string of the molecule is CCOC(=O)c1ccc(C(=O)Nc2ccc(C)cc2OCc2ccccc2)nc1C. The van der Waals surface area contributed by atoms with Crippen molar-refractivity contribution >= 4 is 17.6 Å². The summed E-state index contributed by atoms with van der Waals surface area (Å²) in [7, 11) is 0. The molecule has 0 saturated carbocycles. The van der Waals surface area contributed by atoms with E-state index in [9.17, 15) is 9.59 Å². The molecule has 1 amide bonds. The maximum Gasteiger partial charge on any atom is 0.339 e. The molecule has 1 aromatic heterocycles. The predicted molar refractivity (Wildman–Crippen MR) is 115 cm³/mol. The highest BCUT2D eigenvalue weighted by molar-refractivity contribution is 6.04. The Morgan fingerprint density at radius 1 is 1.00 bits per heavy atom. The van der Waals surface area contributed by atoms with Crippen LogP contribution in [0.5, 0.6) is 5.75 Å². The maximum atomic E-state index is 12.7. The van der Waals surface area contributed by atoms with Crippen molar-refractivity contribution in [1.82, 2.24) is 4.98 Å². The number of hydrogen-bond acceptors (Lipinski definition) is 5. The lowest BCUT2D eigenvalue weighted by Gasteiger charge is -2.14. The number of carbonyl (C=O) groups excluding carboxylic acids is 2. The lowest BCUT2D eigenvalue weighted by Crippen LogP contribution is -2.16. The van der Waals surface area contributed by atoms with Crippen LogP contribution in [0, 0.1) is 13.8 Å². The monoisotopic (exact) mass is 404 g/mol. The number of anilines is 1. The van der Waals surface area contributed by atoms with Crippen LogP contribution in [0.3, 0.4) is 0 Å². The first-order chi connectivity index (χ1) is 14.5. The largest absolute Gasteiger partial charge is 0.487 e. The normalized spacial score (nSPS) is 10.4. The molecule has 6 nitrogen and oxygen atoms in total. The Labute approximate surface area is 175 Å². The van der Waals surface area contributed by atoms with E-state index >= 15 is 0 Å². The second kappa shape index (κ2) is 9.69. The Morgan fingerprint density at radius 2 is 1.77 bits per heavy atom. The van der Waals surface area contributed by atoms with Gasteiger partial charge in [0.25, 0.3) is 5.91 Å². The van der Waals surface area contributed by atoms with Gasteiger partial charge in [0.15, 0.2) is 0 Å². The minimum absolute atomic E-state index is 0.204. The van der Waals surface area contributed by atoms with Gasteiger partial charge in [0.05, 0.1) is 23.6 Å². The first-order valence-electron chi connectivity index (χ1n) is 9.71. The average molecular weight is 404 g/mol. The molecule has 2 aromatic carbocycles. The third-order valence-corrected chi connectivity index (χ3v) is 4.44. The molecule has 30 heavy (non-hydrogen) atoms. The molecule has 0 aliphatic heterocycles. The molecule has 0 saturated heterocycles. The average Bonchev–Trinajstić information content (AvgIpc) is 2.74. The summed E-state index contributed by atoms with van der Waals surface area (Å²) >= 11 is 0. The van der Waals surface area contributed by atoms with Gasteiger partial charge >= 0.3 is 5.97 Å². The van der Waals surface area contributed by atoms with E-state index in [1.54, 1.807) is 26.0 Å². The van der Waals surface area contributed by atoms with Gasteiger partial charge in [-0.15, -0.1) is 0 Å². The number of amides is 1. The molecule has 3 rings (SSSR count). The molecule has 3 aromatic rings. The minimum atomic E-state index is -0.454. The Bertz CT molecular complexity index is 1050. The highest BCUT2D eigenvalue weighted by Gasteiger charge is 2.16. The summed E-state index contributed by atoms with van der Waals surface area (Å²) in [6, 6.07) is 18.4. The zero-order valence-electron chi connectivity index (χ0n) is 17.3. The molecule has 0 fully saturated rings. The fraction of sp³-hybridized carbons (Fsp3) is 0.208. The molecule has 6 heteroatoms. The van der Waals surface area contributed by atoms with Crippen LogP contribution >= 0.6 is 0 Å². The lowest BCUT2D eigenvalue weighted by molar-refractivity contribution is 0.0524. The number of rotatable bonds is 7. The molecule has 0 aliphatic rings. The summed E-state index contributed by atoms with van der Waals surface area (Å²) in [6.45, 7) is 6.03. The molecular formula is C24H24N2O4. The summed E-state index contributed by atoms with van der Waals surface area (Å²) in [6.07, 6.45) is 0. The predicted octanol–water partition coefficient (Wildman–Crippen LogP) is 4.71. The molecule has 154 valence electrons. The standard InChI is InChI=1S/C24H24N2O4/c1-4-29-24(28)19-11-13-21(25-17(19)3)23(27)26-20-12-10-16(2)14-22(20)30-15-18-8-6-5-7-9-18/h5-14H,4,15H2,1-3H3,(H,26,27). The number of aryl methyl sites for hydroxylation is 2. The minimum Gasteiger partial charge on any atom is -0.487 e. The fourth-order valence-electron chi connectivity index (χ4n) is 2.89. The molecule has 0 atom stereocenters. The van der Waals surface area contributed by atoms with E-state index in [0.29, 0.717) is 29.3 Å². The Balaban J connectivity index is 1.76. The number of hydrogen-bond donors (Lipinski definition) is 1. The van der Waals surface area contributed by atoms with Crippen LogP contribution in [0.4, 0.5) is 5.69 Å². The van der Waals surface area contributed by atoms with Crippen molar-refractivity contribution in [3.8, 4) is 5.75 Å². The van der Waals surface area contributed by atoms with Crippen molar-refractivity contribution in [2.75, 3.05) is 11.9 Å². The van der Waals surface area contributed by atoms with E-state index in [1.807, 2.05) is 49.4 Å². The van der Waals surface area contributed by atoms with E-state index < -0.39 is 5.97 Å². The zero-order chi connectivity index (χ0) is 21.5. The molecule has 0 unspecified atom stereocenters.